The maximum Gasteiger partial charge on any atom is 0.155 e. The summed E-state index contributed by atoms with van der Waals surface area (Å²) in [5.41, 5.74) is 1.44. The van der Waals surface area contributed by atoms with Crippen LogP contribution in [0.3, 0.4) is 0 Å². The molecule has 0 heterocycles. The van der Waals surface area contributed by atoms with Crippen molar-refractivity contribution >= 4 is 5.78 Å². The Morgan fingerprint density at radius 1 is 0.933 bits per heavy atom. The van der Waals surface area contributed by atoms with E-state index in [2.05, 4.69) is 0 Å². The molecule has 2 rings (SSSR count). The van der Waals surface area contributed by atoms with Crippen LogP contribution in [0, 0.1) is 5.92 Å². The van der Waals surface area contributed by atoms with Crippen LogP contribution < -0.4 is 0 Å². The van der Waals surface area contributed by atoms with Crippen LogP contribution in [-0.2, 0) is 4.79 Å². The van der Waals surface area contributed by atoms with Crippen LogP contribution in [0.15, 0.2) is 11.6 Å². The van der Waals surface area contributed by atoms with E-state index < -0.39 is 0 Å². The van der Waals surface area contributed by atoms with Crippen molar-refractivity contribution in [3.05, 3.63) is 11.6 Å². The van der Waals surface area contributed by atoms with E-state index in [0.29, 0.717) is 11.7 Å². The third kappa shape index (κ3) is 3.48. The first-order valence-corrected chi connectivity index (χ1v) is 6.57. The first kappa shape index (κ1) is 10.9. The Kier molecular flexibility index (Phi) is 3.99. The van der Waals surface area contributed by atoms with Gasteiger partial charge in [-0.3, -0.25) is 4.79 Å². The van der Waals surface area contributed by atoms with Crippen molar-refractivity contribution < 1.29 is 4.79 Å². The van der Waals surface area contributed by atoms with Gasteiger partial charge in [-0.1, -0.05) is 37.7 Å². The largest absolute Gasteiger partial charge is 0.295 e. The number of fused-ring (bicyclic) bond motifs is 2. The Morgan fingerprint density at radius 2 is 1.67 bits per heavy atom. The van der Waals surface area contributed by atoms with Gasteiger partial charge in [0.05, 0.1) is 0 Å². The Labute approximate surface area is 92.9 Å². The molecule has 1 atom stereocenters. The highest BCUT2D eigenvalue weighted by Gasteiger charge is 2.20. The molecule has 15 heavy (non-hydrogen) atoms. The zero-order chi connectivity index (χ0) is 10.5. The molecular formula is C14H22O. The van der Waals surface area contributed by atoms with Gasteiger partial charge in [0.1, 0.15) is 0 Å². The summed E-state index contributed by atoms with van der Waals surface area (Å²) in [5, 5.41) is 0. The number of rotatable bonds is 0. The monoisotopic (exact) mass is 206 g/mol. The highest BCUT2D eigenvalue weighted by molar-refractivity contribution is 5.91. The van der Waals surface area contributed by atoms with Gasteiger partial charge in [0, 0.05) is 6.42 Å². The Balaban J connectivity index is 1.98. The molecule has 84 valence electrons. The fraction of sp³-hybridized carbons (Fsp3) is 0.786. The summed E-state index contributed by atoms with van der Waals surface area (Å²) >= 11 is 0. The van der Waals surface area contributed by atoms with Crippen molar-refractivity contribution in [1.29, 1.82) is 0 Å². The summed E-state index contributed by atoms with van der Waals surface area (Å²) in [4.78, 5) is 11.5. The van der Waals surface area contributed by atoms with Gasteiger partial charge >= 0.3 is 0 Å². The second-order valence-electron chi connectivity index (χ2n) is 5.20. The SMILES string of the molecule is O=C1C=C2CCCCCCCC[C@H](C1)C2. The molecule has 1 saturated carbocycles. The Bertz CT molecular complexity index is 252. The van der Waals surface area contributed by atoms with Crippen LogP contribution in [-0.4, -0.2) is 5.78 Å². The van der Waals surface area contributed by atoms with Crippen LogP contribution in [0.25, 0.3) is 0 Å². The standard InChI is InChI=1S/C14H22O/c15-14-10-12-7-5-3-1-2-4-6-8-13(9-12)11-14/h10,13H,1-9,11H2/t13-/m0/s1. The van der Waals surface area contributed by atoms with Gasteiger partial charge in [-0.25, -0.2) is 0 Å². The van der Waals surface area contributed by atoms with Crippen molar-refractivity contribution in [3.63, 3.8) is 0 Å². The molecule has 0 aromatic rings. The smallest absolute Gasteiger partial charge is 0.155 e. The third-order valence-corrected chi connectivity index (χ3v) is 3.77. The van der Waals surface area contributed by atoms with Gasteiger partial charge in [0.15, 0.2) is 5.78 Å². The maximum atomic E-state index is 11.5. The summed E-state index contributed by atoms with van der Waals surface area (Å²) in [6, 6.07) is 0. The lowest BCUT2D eigenvalue weighted by atomic mass is 9.83. The van der Waals surface area contributed by atoms with Crippen molar-refractivity contribution in [2.75, 3.05) is 0 Å². The van der Waals surface area contributed by atoms with Crippen molar-refractivity contribution in [2.45, 2.75) is 64.2 Å². The van der Waals surface area contributed by atoms with Gasteiger partial charge in [-0.15, -0.1) is 0 Å². The molecule has 2 aliphatic carbocycles. The van der Waals surface area contributed by atoms with Crippen LogP contribution >= 0.6 is 0 Å². The predicted octanol–water partition coefficient (Wildman–Crippen LogP) is 4.03. The summed E-state index contributed by atoms with van der Waals surface area (Å²) in [7, 11) is 0. The minimum atomic E-state index is 0.389. The van der Waals surface area contributed by atoms with E-state index in [4.69, 9.17) is 0 Å². The maximum absolute atomic E-state index is 11.5. The van der Waals surface area contributed by atoms with Crippen molar-refractivity contribution in [1.82, 2.24) is 0 Å². The zero-order valence-electron chi connectivity index (χ0n) is 9.63. The number of allylic oxidation sites excluding steroid dienone is 2. The molecule has 0 aliphatic heterocycles. The van der Waals surface area contributed by atoms with E-state index in [1.165, 1.54) is 63.4 Å². The highest BCUT2D eigenvalue weighted by Crippen LogP contribution is 2.30. The first-order chi connectivity index (χ1) is 7.34. The van der Waals surface area contributed by atoms with E-state index in [0.717, 1.165) is 6.42 Å². The Hall–Kier alpha value is -0.590. The van der Waals surface area contributed by atoms with Crippen molar-refractivity contribution in [2.24, 2.45) is 5.92 Å². The fourth-order valence-corrected chi connectivity index (χ4v) is 2.94. The summed E-state index contributed by atoms with van der Waals surface area (Å²) < 4.78 is 0. The van der Waals surface area contributed by atoms with Gasteiger partial charge in [-0.2, -0.15) is 0 Å². The molecule has 2 aliphatic rings. The fourth-order valence-electron chi connectivity index (χ4n) is 2.94. The highest BCUT2D eigenvalue weighted by atomic mass is 16.1. The molecule has 1 heteroatoms. The van der Waals surface area contributed by atoms with E-state index in [-0.39, 0.29) is 0 Å². The summed E-state index contributed by atoms with van der Waals surface area (Å²) in [5.74, 6) is 1.07. The molecule has 0 aromatic carbocycles. The molecule has 0 aromatic heterocycles. The molecule has 0 N–H and O–H groups in total. The average molecular weight is 206 g/mol. The molecule has 1 nitrogen and oxygen atoms in total. The van der Waals surface area contributed by atoms with Gasteiger partial charge in [0.25, 0.3) is 0 Å². The minimum Gasteiger partial charge on any atom is -0.295 e. The molecule has 0 saturated heterocycles. The lowest BCUT2D eigenvalue weighted by Gasteiger charge is -2.21. The number of ketones is 1. The van der Waals surface area contributed by atoms with Gasteiger partial charge < -0.3 is 0 Å². The third-order valence-electron chi connectivity index (χ3n) is 3.77. The topological polar surface area (TPSA) is 17.1 Å². The number of hydrogen-bond acceptors (Lipinski definition) is 1. The molecule has 0 spiro atoms. The zero-order valence-corrected chi connectivity index (χ0v) is 9.63. The van der Waals surface area contributed by atoms with Crippen molar-refractivity contribution in [3.8, 4) is 0 Å². The quantitative estimate of drug-likeness (QED) is 0.585. The lowest BCUT2D eigenvalue weighted by Crippen LogP contribution is -2.14. The van der Waals surface area contributed by atoms with Crippen LogP contribution in [0.5, 0.6) is 0 Å². The summed E-state index contributed by atoms with van der Waals surface area (Å²) in [6.45, 7) is 0. The number of hydrogen-bond donors (Lipinski definition) is 0. The minimum absolute atomic E-state index is 0.389. The normalized spacial score (nSPS) is 29.2. The molecule has 0 amide bonds. The lowest BCUT2D eigenvalue weighted by molar-refractivity contribution is -0.116. The number of carbonyl (C=O) groups excluding carboxylic acids is 1. The molecule has 1 fully saturated rings. The van der Waals surface area contributed by atoms with Gasteiger partial charge in [-0.05, 0) is 37.7 Å². The molecule has 0 unspecified atom stereocenters. The van der Waals surface area contributed by atoms with E-state index in [9.17, 15) is 4.79 Å². The van der Waals surface area contributed by atoms with Crippen LogP contribution in [0.2, 0.25) is 0 Å². The second-order valence-corrected chi connectivity index (χ2v) is 5.20. The van der Waals surface area contributed by atoms with E-state index >= 15 is 0 Å². The average Bonchev–Trinajstić information content (AvgIpc) is 2.23. The van der Waals surface area contributed by atoms with E-state index in [1.807, 2.05) is 6.08 Å². The van der Waals surface area contributed by atoms with Gasteiger partial charge in [0.2, 0.25) is 0 Å². The van der Waals surface area contributed by atoms with Crippen LogP contribution in [0.4, 0.5) is 0 Å². The Morgan fingerprint density at radius 3 is 2.53 bits per heavy atom. The molecular weight excluding hydrogens is 184 g/mol. The van der Waals surface area contributed by atoms with Crippen LogP contribution in [0.1, 0.15) is 64.2 Å². The predicted molar refractivity (Wildman–Crippen MR) is 62.8 cm³/mol. The number of carbonyl (C=O) groups is 1. The molecule has 0 radical (unpaired) electrons. The van der Waals surface area contributed by atoms with E-state index in [1.54, 1.807) is 0 Å². The second kappa shape index (κ2) is 5.48. The first-order valence-electron chi connectivity index (χ1n) is 6.57. The molecule has 2 bridgehead atoms. The summed E-state index contributed by atoms with van der Waals surface area (Å²) in [6.07, 6.45) is 14.6.